The van der Waals surface area contributed by atoms with E-state index in [9.17, 15) is 14.7 Å². The topological polar surface area (TPSA) is 64.1 Å². The summed E-state index contributed by atoms with van der Waals surface area (Å²) >= 11 is 0. The summed E-state index contributed by atoms with van der Waals surface area (Å²) < 4.78 is 0. The summed E-state index contributed by atoms with van der Waals surface area (Å²) in [7, 11) is 5.57. The predicted octanol–water partition coefficient (Wildman–Crippen LogP) is 3.95. The Balaban J connectivity index is 1.52. The van der Waals surface area contributed by atoms with Gasteiger partial charge in [-0.15, -0.1) is 0 Å². The minimum Gasteiger partial charge on any atom is -0.394 e. The van der Waals surface area contributed by atoms with Gasteiger partial charge < -0.3 is 19.8 Å². The Morgan fingerprint density at radius 1 is 1.00 bits per heavy atom. The normalized spacial score (nSPS) is 24.2. The Kier molecular flexibility index (Phi) is 6.11. The molecule has 2 heterocycles. The van der Waals surface area contributed by atoms with Gasteiger partial charge in [-0.1, -0.05) is 31.0 Å². The predicted molar refractivity (Wildman–Crippen MR) is 134 cm³/mol. The van der Waals surface area contributed by atoms with Crippen LogP contribution in [0.5, 0.6) is 0 Å². The second kappa shape index (κ2) is 9.06. The Morgan fingerprint density at radius 2 is 1.68 bits per heavy atom. The Labute approximate surface area is 202 Å². The van der Waals surface area contributed by atoms with Gasteiger partial charge >= 0.3 is 0 Å². The van der Waals surface area contributed by atoms with Gasteiger partial charge in [-0.25, -0.2) is 0 Å². The van der Waals surface area contributed by atoms with Gasteiger partial charge in [0.1, 0.15) is 0 Å². The van der Waals surface area contributed by atoms with Gasteiger partial charge in [0, 0.05) is 50.8 Å². The zero-order chi connectivity index (χ0) is 24.0. The van der Waals surface area contributed by atoms with Crippen LogP contribution in [0.25, 0.3) is 11.1 Å². The molecular weight excluding hydrogens is 426 g/mol. The van der Waals surface area contributed by atoms with Crippen LogP contribution < -0.4 is 4.90 Å². The number of aliphatic hydroxyl groups excluding tert-OH is 1. The van der Waals surface area contributed by atoms with E-state index in [1.54, 1.807) is 19.0 Å². The third-order valence-electron chi connectivity index (χ3n) is 8.21. The van der Waals surface area contributed by atoms with Crippen molar-refractivity contribution in [3.05, 3.63) is 53.6 Å². The summed E-state index contributed by atoms with van der Waals surface area (Å²) in [6, 6.07) is 14.2. The number of benzene rings is 2. The molecule has 6 heteroatoms. The van der Waals surface area contributed by atoms with E-state index in [0.717, 1.165) is 55.5 Å². The lowest BCUT2D eigenvalue weighted by Crippen LogP contribution is -2.48. The average molecular weight is 462 g/mol. The molecule has 180 valence electrons. The van der Waals surface area contributed by atoms with Gasteiger partial charge in [0.15, 0.2) is 0 Å². The van der Waals surface area contributed by atoms with Gasteiger partial charge in [-0.2, -0.15) is 0 Å². The van der Waals surface area contributed by atoms with E-state index < -0.39 is 0 Å². The molecule has 2 amide bonds. The molecule has 2 aromatic carbocycles. The van der Waals surface area contributed by atoms with Gasteiger partial charge in [0.05, 0.1) is 18.7 Å². The van der Waals surface area contributed by atoms with Crippen LogP contribution >= 0.6 is 0 Å². The maximum atomic E-state index is 13.5. The SMILES string of the molecule is CN(C)C(=O)c1ccc(-c2ccc3c(c2)[C@H]2[C@H](CCN2C(=O)C2CCCC2)[C@H](CO)N3C)cc1. The fourth-order valence-electron chi connectivity index (χ4n) is 6.35. The number of rotatable bonds is 4. The van der Waals surface area contributed by atoms with Gasteiger partial charge in [-0.3, -0.25) is 9.59 Å². The zero-order valence-electron chi connectivity index (χ0n) is 20.4. The monoisotopic (exact) mass is 461 g/mol. The van der Waals surface area contributed by atoms with Crippen LogP contribution in [0, 0.1) is 11.8 Å². The summed E-state index contributed by atoms with van der Waals surface area (Å²) in [6.07, 6.45) is 5.21. The first-order valence-corrected chi connectivity index (χ1v) is 12.5. The van der Waals surface area contributed by atoms with Crippen molar-refractivity contribution in [1.29, 1.82) is 0 Å². The van der Waals surface area contributed by atoms with Crippen molar-refractivity contribution in [2.24, 2.45) is 11.8 Å². The van der Waals surface area contributed by atoms with Crippen molar-refractivity contribution in [1.82, 2.24) is 9.80 Å². The van der Waals surface area contributed by atoms with Gasteiger partial charge in [0.2, 0.25) is 5.91 Å². The van der Waals surface area contributed by atoms with Crippen LogP contribution in [0.2, 0.25) is 0 Å². The smallest absolute Gasteiger partial charge is 0.253 e. The highest BCUT2D eigenvalue weighted by Gasteiger charge is 2.48. The largest absolute Gasteiger partial charge is 0.394 e. The van der Waals surface area contributed by atoms with Crippen LogP contribution in [-0.2, 0) is 4.79 Å². The molecule has 2 aliphatic heterocycles. The third kappa shape index (κ3) is 3.78. The molecule has 0 bridgehead atoms. The molecule has 1 aliphatic carbocycles. The van der Waals surface area contributed by atoms with Crippen LogP contribution in [-0.4, -0.2) is 67.1 Å². The van der Waals surface area contributed by atoms with E-state index in [4.69, 9.17) is 0 Å². The zero-order valence-corrected chi connectivity index (χ0v) is 20.4. The molecule has 0 aromatic heterocycles. The number of aliphatic hydroxyl groups is 1. The van der Waals surface area contributed by atoms with E-state index in [-0.39, 0.29) is 36.4 Å². The molecule has 2 aromatic rings. The van der Waals surface area contributed by atoms with Gasteiger partial charge in [0.25, 0.3) is 5.91 Å². The third-order valence-corrected chi connectivity index (χ3v) is 8.21. The van der Waals surface area contributed by atoms with Crippen LogP contribution in [0.3, 0.4) is 0 Å². The standard InChI is InChI=1S/C28H35N3O3/c1-29(2)27(33)20-10-8-18(9-11-20)21-12-13-24-23(16-21)26-22(25(17-32)30(24)3)14-15-31(26)28(34)19-6-4-5-7-19/h8-13,16,19,22,25-26,32H,4-7,14-15,17H2,1-3H3/t22-,25+,26-/m1/s1. The average Bonchev–Trinajstić information content (AvgIpc) is 3.54. The molecular formula is C28H35N3O3. The molecule has 5 rings (SSSR count). The molecule has 2 fully saturated rings. The highest BCUT2D eigenvalue weighted by Crippen LogP contribution is 2.50. The minimum atomic E-state index is -0.0106. The quantitative estimate of drug-likeness (QED) is 0.749. The number of carbonyl (C=O) groups excluding carboxylic acids is 2. The summed E-state index contributed by atoms with van der Waals surface area (Å²) in [5.74, 6) is 0.667. The molecule has 1 saturated carbocycles. The Bertz CT molecular complexity index is 1070. The maximum absolute atomic E-state index is 13.5. The fourth-order valence-corrected chi connectivity index (χ4v) is 6.35. The number of fused-ring (bicyclic) bond motifs is 3. The van der Waals surface area contributed by atoms with E-state index in [1.807, 2.05) is 24.3 Å². The van der Waals surface area contributed by atoms with E-state index in [2.05, 4.69) is 35.0 Å². The van der Waals surface area contributed by atoms with E-state index >= 15 is 0 Å². The number of amides is 2. The molecule has 0 unspecified atom stereocenters. The number of hydrogen-bond acceptors (Lipinski definition) is 4. The number of anilines is 1. The van der Waals surface area contributed by atoms with Crippen molar-refractivity contribution in [2.75, 3.05) is 39.2 Å². The lowest BCUT2D eigenvalue weighted by atomic mass is 9.81. The molecule has 0 radical (unpaired) electrons. The first-order chi connectivity index (χ1) is 16.4. The molecule has 1 N–H and O–H groups in total. The molecule has 1 saturated heterocycles. The first-order valence-electron chi connectivity index (χ1n) is 12.5. The highest BCUT2D eigenvalue weighted by atomic mass is 16.3. The molecule has 3 aliphatic rings. The summed E-state index contributed by atoms with van der Waals surface area (Å²) in [5, 5.41) is 10.2. The van der Waals surface area contributed by atoms with Crippen LogP contribution in [0.4, 0.5) is 5.69 Å². The minimum absolute atomic E-state index is 0.00555. The second-order valence-electron chi connectivity index (χ2n) is 10.3. The van der Waals surface area contributed by atoms with E-state index in [1.165, 1.54) is 5.56 Å². The van der Waals surface area contributed by atoms with Crippen molar-refractivity contribution in [3.63, 3.8) is 0 Å². The van der Waals surface area contributed by atoms with Crippen LogP contribution in [0.15, 0.2) is 42.5 Å². The van der Waals surface area contributed by atoms with Crippen molar-refractivity contribution in [3.8, 4) is 11.1 Å². The Hall–Kier alpha value is -2.86. The fraction of sp³-hybridized carbons (Fsp3) is 0.500. The highest BCUT2D eigenvalue weighted by molar-refractivity contribution is 5.94. The van der Waals surface area contributed by atoms with Gasteiger partial charge in [-0.05, 0) is 60.2 Å². The number of likely N-dealkylation sites (N-methyl/N-ethyl adjacent to an activating group) is 1. The lowest BCUT2D eigenvalue weighted by Gasteiger charge is -2.45. The van der Waals surface area contributed by atoms with Crippen molar-refractivity contribution >= 4 is 17.5 Å². The number of likely N-dealkylation sites (tertiary alicyclic amines) is 1. The summed E-state index contributed by atoms with van der Waals surface area (Å²) in [4.78, 5) is 31.7. The maximum Gasteiger partial charge on any atom is 0.253 e. The van der Waals surface area contributed by atoms with Crippen molar-refractivity contribution in [2.45, 2.75) is 44.2 Å². The second-order valence-corrected chi connectivity index (χ2v) is 10.3. The molecule has 0 spiro atoms. The number of carbonyl (C=O) groups is 2. The summed E-state index contributed by atoms with van der Waals surface area (Å²) in [6.45, 7) is 0.853. The summed E-state index contributed by atoms with van der Waals surface area (Å²) in [5.41, 5.74) is 5.06. The lowest BCUT2D eigenvalue weighted by molar-refractivity contribution is -0.136. The molecule has 34 heavy (non-hydrogen) atoms. The first kappa shape index (κ1) is 22.9. The van der Waals surface area contributed by atoms with Crippen LogP contribution in [0.1, 0.15) is 54.1 Å². The molecule has 3 atom stereocenters. The molecule has 6 nitrogen and oxygen atoms in total. The van der Waals surface area contributed by atoms with Crippen molar-refractivity contribution < 1.29 is 14.7 Å². The Morgan fingerprint density at radius 3 is 2.32 bits per heavy atom. The number of nitrogens with zero attached hydrogens (tertiary/aromatic N) is 3. The van der Waals surface area contributed by atoms with E-state index in [0.29, 0.717) is 11.5 Å². The number of hydrogen-bond donors (Lipinski definition) is 1.